The van der Waals surface area contributed by atoms with E-state index in [4.69, 9.17) is 24.0 Å². The Morgan fingerprint density at radius 1 is 1.07 bits per heavy atom. The van der Waals surface area contributed by atoms with Gasteiger partial charge in [0.1, 0.15) is 24.3 Å². The van der Waals surface area contributed by atoms with Gasteiger partial charge >= 0.3 is 6.09 Å². The van der Waals surface area contributed by atoms with Crippen molar-refractivity contribution in [1.82, 2.24) is 9.97 Å². The highest BCUT2D eigenvalue weighted by Gasteiger charge is 2.18. The molecule has 1 fully saturated rings. The first-order valence-corrected chi connectivity index (χ1v) is 13.3. The third-order valence-electron chi connectivity index (χ3n) is 5.98. The molecular weight excluding hydrogens is 526 g/mol. The van der Waals surface area contributed by atoms with Gasteiger partial charge in [-0.05, 0) is 45.0 Å². The smallest absolute Gasteiger partial charge is 0.412 e. The molecule has 3 aromatic rings. The number of carbonyl (C=O) groups is 1. The van der Waals surface area contributed by atoms with Crippen LogP contribution in [0.5, 0.6) is 5.75 Å². The van der Waals surface area contributed by atoms with Crippen molar-refractivity contribution in [2.24, 2.45) is 5.16 Å². The van der Waals surface area contributed by atoms with E-state index in [0.29, 0.717) is 48.5 Å². The number of ether oxygens (including phenoxy) is 3. The predicted octanol–water partition coefficient (Wildman–Crippen LogP) is 5.33. The Balaban J connectivity index is 1.60. The van der Waals surface area contributed by atoms with Crippen LogP contribution in [0.25, 0.3) is 0 Å². The van der Waals surface area contributed by atoms with Gasteiger partial charge in [-0.25, -0.2) is 9.78 Å². The quantitative estimate of drug-likeness (QED) is 0.220. The summed E-state index contributed by atoms with van der Waals surface area (Å²) >= 11 is 0. The van der Waals surface area contributed by atoms with E-state index in [1.54, 1.807) is 25.6 Å². The van der Waals surface area contributed by atoms with Gasteiger partial charge in [0.25, 0.3) is 0 Å². The number of nitrogens with one attached hydrogen (secondary N) is 3. The monoisotopic (exact) mass is 563 g/mol. The van der Waals surface area contributed by atoms with Crippen LogP contribution >= 0.6 is 0 Å². The molecular formula is C29H37N7O5. The second-order valence-electron chi connectivity index (χ2n) is 10.1. The van der Waals surface area contributed by atoms with Crippen molar-refractivity contribution in [3.8, 4) is 5.75 Å². The van der Waals surface area contributed by atoms with Gasteiger partial charge in [-0.2, -0.15) is 4.98 Å². The van der Waals surface area contributed by atoms with Gasteiger partial charge in [-0.1, -0.05) is 17.3 Å². The fourth-order valence-corrected chi connectivity index (χ4v) is 4.10. The number of anilines is 6. The first kappa shape index (κ1) is 29.4. The molecule has 1 amide bonds. The molecule has 2 aromatic carbocycles. The van der Waals surface area contributed by atoms with Crippen LogP contribution in [0, 0.1) is 0 Å². The summed E-state index contributed by atoms with van der Waals surface area (Å²) in [7, 11) is 3.11. The van der Waals surface area contributed by atoms with Gasteiger partial charge < -0.3 is 34.6 Å². The first-order chi connectivity index (χ1) is 19.8. The van der Waals surface area contributed by atoms with Crippen LogP contribution in [-0.4, -0.2) is 68.4 Å². The number of oxime groups is 1. The maximum atomic E-state index is 12.5. The molecule has 4 rings (SSSR count). The molecule has 1 aromatic heterocycles. The SMILES string of the molecule is CO/N=C/Cc1cnc(Nc2ccc(N3CCOCC3)cc2OC)nc1Nc1ccccc1NC(=O)OC(C)(C)C. The molecule has 2 heterocycles. The van der Waals surface area contributed by atoms with Crippen LogP contribution in [0.2, 0.25) is 0 Å². The summed E-state index contributed by atoms with van der Waals surface area (Å²) in [5, 5.41) is 13.2. The fraction of sp³-hybridized carbons (Fsp3) is 0.379. The minimum absolute atomic E-state index is 0.356. The number of morpholine rings is 1. The number of hydrogen-bond acceptors (Lipinski definition) is 11. The standard InChI is InChI=1S/C29H37N7O5/c1-29(2,3)41-28(37)34-23-9-7-6-8-22(23)32-26-20(12-13-31-39-5)19-30-27(35-26)33-24-11-10-21(18-25(24)38-4)36-14-16-40-17-15-36/h6-11,13,18-19H,12,14-17H2,1-5H3,(H,34,37)(H2,30,32,33,35)/b31-13+. The highest BCUT2D eigenvalue weighted by atomic mass is 16.6. The lowest BCUT2D eigenvalue weighted by molar-refractivity contribution is 0.0636. The van der Waals surface area contributed by atoms with Gasteiger partial charge in [0.2, 0.25) is 5.95 Å². The van der Waals surface area contributed by atoms with E-state index in [-0.39, 0.29) is 0 Å². The minimum atomic E-state index is -0.630. The second kappa shape index (κ2) is 13.7. The van der Waals surface area contributed by atoms with Crippen LogP contribution in [0.3, 0.4) is 0 Å². The maximum Gasteiger partial charge on any atom is 0.412 e. The van der Waals surface area contributed by atoms with E-state index >= 15 is 0 Å². The van der Waals surface area contributed by atoms with Crippen molar-refractivity contribution in [2.45, 2.75) is 32.8 Å². The summed E-state index contributed by atoms with van der Waals surface area (Å²) < 4.78 is 16.6. The lowest BCUT2D eigenvalue weighted by atomic mass is 10.2. The zero-order valence-corrected chi connectivity index (χ0v) is 24.1. The molecule has 0 atom stereocenters. The number of hydrogen-bond donors (Lipinski definition) is 3. The molecule has 12 heteroatoms. The third-order valence-corrected chi connectivity index (χ3v) is 5.98. The molecule has 1 aliphatic heterocycles. The Bertz CT molecular complexity index is 1350. The Hall–Kier alpha value is -4.58. The summed E-state index contributed by atoms with van der Waals surface area (Å²) in [6, 6.07) is 13.3. The van der Waals surface area contributed by atoms with Gasteiger partial charge in [-0.15, -0.1) is 0 Å². The first-order valence-electron chi connectivity index (χ1n) is 13.3. The average molecular weight is 564 g/mol. The summed E-state index contributed by atoms with van der Waals surface area (Å²) in [5.74, 6) is 1.54. The van der Waals surface area contributed by atoms with Crippen molar-refractivity contribution in [3.05, 3.63) is 54.2 Å². The number of methoxy groups -OCH3 is 1. The lowest BCUT2D eigenvalue weighted by Gasteiger charge is -2.29. The second-order valence-corrected chi connectivity index (χ2v) is 10.1. The van der Waals surface area contributed by atoms with E-state index in [0.717, 1.165) is 30.0 Å². The summed E-state index contributed by atoms with van der Waals surface area (Å²) in [4.78, 5) is 28.8. The number of para-hydroxylation sites is 2. The number of amides is 1. The molecule has 41 heavy (non-hydrogen) atoms. The zero-order chi connectivity index (χ0) is 29.2. The van der Waals surface area contributed by atoms with Gasteiger partial charge in [0, 0.05) is 49.2 Å². The molecule has 12 nitrogen and oxygen atoms in total. The van der Waals surface area contributed by atoms with Gasteiger partial charge in [-0.3, -0.25) is 5.32 Å². The van der Waals surface area contributed by atoms with Crippen LogP contribution in [0.4, 0.5) is 39.3 Å². The normalized spacial score (nSPS) is 13.5. The topological polar surface area (TPSA) is 131 Å². The molecule has 1 saturated heterocycles. The van der Waals surface area contributed by atoms with Gasteiger partial charge in [0.15, 0.2) is 0 Å². The Morgan fingerprint density at radius 3 is 2.54 bits per heavy atom. The van der Waals surface area contributed by atoms with E-state index in [2.05, 4.69) is 31.0 Å². The molecule has 1 aliphatic rings. The highest BCUT2D eigenvalue weighted by molar-refractivity contribution is 5.90. The molecule has 0 aliphatic carbocycles. The van der Waals surface area contributed by atoms with Crippen molar-refractivity contribution >= 4 is 46.8 Å². The molecule has 0 spiro atoms. The third kappa shape index (κ3) is 8.45. The summed E-state index contributed by atoms with van der Waals surface area (Å²) in [5.41, 5.74) is 3.07. The van der Waals surface area contributed by atoms with Crippen LogP contribution in [0.15, 0.2) is 53.8 Å². The van der Waals surface area contributed by atoms with Crippen molar-refractivity contribution < 1.29 is 23.8 Å². The van der Waals surface area contributed by atoms with Crippen molar-refractivity contribution in [2.75, 3.05) is 61.4 Å². The summed E-state index contributed by atoms with van der Waals surface area (Å²) in [6.07, 6.45) is 3.18. The fourth-order valence-electron chi connectivity index (χ4n) is 4.10. The number of aromatic nitrogens is 2. The number of carbonyl (C=O) groups excluding carboxylic acids is 1. The molecule has 0 radical (unpaired) electrons. The van der Waals surface area contributed by atoms with E-state index in [1.165, 1.54) is 7.11 Å². The Morgan fingerprint density at radius 2 is 1.83 bits per heavy atom. The predicted molar refractivity (Wildman–Crippen MR) is 160 cm³/mol. The van der Waals surface area contributed by atoms with E-state index in [9.17, 15) is 4.79 Å². The molecule has 218 valence electrons. The van der Waals surface area contributed by atoms with Crippen molar-refractivity contribution in [3.63, 3.8) is 0 Å². The summed E-state index contributed by atoms with van der Waals surface area (Å²) in [6.45, 7) is 8.48. The Labute approximate surface area is 240 Å². The van der Waals surface area contributed by atoms with E-state index in [1.807, 2.05) is 57.2 Å². The molecule has 0 unspecified atom stereocenters. The zero-order valence-electron chi connectivity index (χ0n) is 24.1. The maximum absolute atomic E-state index is 12.5. The Kier molecular flexibility index (Phi) is 9.80. The molecule has 0 bridgehead atoms. The largest absolute Gasteiger partial charge is 0.494 e. The number of benzene rings is 2. The molecule has 0 saturated carbocycles. The number of nitrogens with zero attached hydrogens (tertiary/aromatic N) is 4. The average Bonchev–Trinajstić information content (AvgIpc) is 2.95. The number of rotatable bonds is 10. The lowest BCUT2D eigenvalue weighted by Crippen LogP contribution is -2.36. The van der Waals surface area contributed by atoms with E-state index < -0.39 is 11.7 Å². The molecule has 3 N–H and O–H groups in total. The van der Waals surface area contributed by atoms with Crippen LogP contribution < -0.4 is 25.6 Å². The minimum Gasteiger partial charge on any atom is -0.494 e. The van der Waals surface area contributed by atoms with Gasteiger partial charge in [0.05, 0.1) is 37.4 Å². The van der Waals surface area contributed by atoms with Crippen molar-refractivity contribution in [1.29, 1.82) is 0 Å². The van der Waals surface area contributed by atoms with Crippen LogP contribution in [0.1, 0.15) is 26.3 Å². The van der Waals surface area contributed by atoms with Crippen LogP contribution in [-0.2, 0) is 20.7 Å². The highest BCUT2D eigenvalue weighted by Crippen LogP contribution is 2.33.